The number of ether oxygens (including phenoxy) is 1. The standard InChI is InChI=1S/C14H9ClFIO3/c15-10-2-3-11(16)9(5-10)7-20-13-6-8(14(18)19)1-4-12(13)17/h1-6H,7H2,(H,18,19). The first-order chi connectivity index (χ1) is 9.47. The van der Waals surface area contributed by atoms with Crippen molar-refractivity contribution in [2.24, 2.45) is 0 Å². The average Bonchev–Trinajstić information content (AvgIpc) is 2.41. The molecule has 0 unspecified atom stereocenters. The summed E-state index contributed by atoms with van der Waals surface area (Å²) in [7, 11) is 0. The van der Waals surface area contributed by atoms with Gasteiger partial charge < -0.3 is 9.84 Å². The minimum atomic E-state index is -1.04. The van der Waals surface area contributed by atoms with E-state index >= 15 is 0 Å². The molecule has 0 amide bonds. The first-order valence-electron chi connectivity index (χ1n) is 5.57. The lowest BCUT2D eigenvalue weighted by Gasteiger charge is -2.10. The molecule has 0 aliphatic heterocycles. The Bertz CT molecular complexity index is 661. The van der Waals surface area contributed by atoms with Crippen LogP contribution >= 0.6 is 34.2 Å². The lowest BCUT2D eigenvalue weighted by Crippen LogP contribution is -2.02. The summed E-state index contributed by atoms with van der Waals surface area (Å²) in [5.41, 5.74) is 0.431. The predicted molar refractivity (Wildman–Crippen MR) is 81.9 cm³/mol. The van der Waals surface area contributed by atoms with Crippen molar-refractivity contribution in [3.63, 3.8) is 0 Å². The molecule has 0 fully saturated rings. The Labute approximate surface area is 133 Å². The number of benzene rings is 2. The van der Waals surface area contributed by atoms with E-state index in [2.05, 4.69) is 0 Å². The molecule has 0 aromatic heterocycles. The second kappa shape index (κ2) is 6.41. The van der Waals surface area contributed by atoms with Crippen LogP contribution in [-0.2, 0) is 6.61 Å². The summed E-state index contributed by atoms with van der Waals surface area (Å²) in [5.74, 6) is -1.07. The fourth-order valence-corrected chi connectivity index (χ4v) is 2.24. The molecule has 2 aromatic carbocycles. The minimum Gasteiger partial charge on any atom is -0.488 e. The third-order valence-corrected chi connectivity index (χ3v) is 3.70. The Morgan fingerprint density at radius 3 is 2.75 bits per heavy atom. The maximum absolute atomic E-state index is 13.5. The molecule has 6 heteroatoms. The van der Waals surface area contributed by atoms with Crippen molar-refractivity contribution < 1.29 is 19.0 Å². The van der Waals surface area contributed by atoms with E-state index in [0.717, 1.165) is 3.57 Å². The summed E-state index contributed by atoms with van der Waals surface area (Å²) in [5, 5.41) is 9.35. The van der Waals surface area contributed by atoms with E-state index in [1.807, 2.05) is 22.6 Å². The number of hydrogen-bond acceptors (Lipinski definition) is 2. The predicted octanol–water partition coefficient (Wildman–Crippen LogP) is 4.36. The molecule has 0 heterocycles. The van der Waals surface area contributed by atoms with Gasteiger partial charge in [-0.05, 0) is 59.0 Å². The highest BCUT2D eigenvalue weighted by Gasteiger charge is 2.10. The Morgan fingerprint density at radius 1 is 1.30 bits per heavy atom. The van der Waals surface area contributed by atoms with E-state index in [-0.39, 0.29) is 12.2 Å². The minimum absolute atomic E-state index is 0.0224. The molecule has 0 saturated carbocycles. The Hall–Kier alpha value is -1.34. The van der Waals surface area contributed by atoms with Gasteiger partial charge in [-0.1, -0.05) is 11.6 Å². The van der Waals surface area contributed by atoms with E-state index in [4.69, 9.17) is 21.4 Å². The van der Waals surface area contributed by atoms with Gasteiger partial charge in [-0.2, -0.15) is 0 Å². The molecule has 0 atom stereocenters. The summed E-state index contributed by atoms with van der Waals surface area (Å²) in [4.78, 5) is 10.9. The van der Waals surface area contributed by atoms with Gasteiger partial charge >= 0.3 is 5.97 Å². The van der Waals surface area contributed by atoms with E-state index in [9.17, 15) is 9.18 Å². The molecule has 0 radical (unpaired) electrons. The molecule has 0 aliphatic rings. The number of carboxylic acids is 1. The van der Waals surface area contributed by atoms with Crippen LogP contribution in [0.15, 0.2) is 36.4 Å². The molecule has 20 heavy (non-hydrogen) atoms. The third kappa shape index (κ3) is 3.61. The molecule has 0 bridgehead atoms. The molecule has 0 saturated heterocycles. The second-order valence-electron chi connectivity index (χ2n) is 3.97. The van der Waals surface area contributed by atoms with Crippen molar-refractivity contribution >= 4 is 40.2 Å². The summed E-state index contributed by atoms with van der Waals surface area (Å²) in [6.07, 6.45) is 0. The van der Waals surface area contributed by atoms with Gasteiger partial charge in [0.15, 0.2) is 0 Å². The van der Waals surface area contributed by atoms with Crippen LogP contribution in [0.3, 0.4) is 0 Å². The van der Waals surface area contributed by atoms with Crippen LogP contribution in [-0.4, -0.2) is 11.1 Å². The van der Waals surface area contributed by atoms with Crippen molar-refractivity contribution in [2.75, 3.05) is 0 Å². The zero-order chi connectivity index (χ0) is 14.7. The second-order valence-corrected chi connectivity index (χ2v) is 5.57. The van der Waals surface area contributed by atoms with E-state index in [1.54, 1.807) is 6.07 Å². The topological polar surface area (TPSA) is 46.5 Å². The number of carbonyl (C=O) groups is 1. The Kier molecular flexibility index (Phi) is 4.82. The lowest BCUT2D eigenvalue weighted by atomic mass is 10.2. The zero-order valence-corrected chi connectivity index (χ0v) is 13.0. The quantitative estimate of drug-likeness (QED) is 0.768. The van der Waals surface area contributed by atoms with Gasteiger partial charge in [0.05, 0.1) is 9.13 Å². The summed E-state index contributed by atoms with van der Waals surface area (Å²) in [6.45, 7) is -0.0224. The summed E-state index contributed by atoms with van der Waals surface area (Å²) in [6, 6.07) is 8.72. The number of rotatable bonds is 4. The van der Waals surface area contributed by atoms with Crippen molar-refractivity contribution in [1.29, 1.82) is 0 Å². The summed E-state index contributed by atoms with van der Waals surface area (Å²) < 4.78 is 19.8. The average molecular weight is 407 g/mol. The van der Waals surface area contributed by atoms with Crippen LogP contribution in [0.2, 0.25) is 5.02 Å². The molecule has 2 rings (SSSR count). The van der Waals surface area contributed by atoms with Gasteiger partial charge in [-0.15, -0.1) is 0 Å². The number of carboxylic acid groups (broad SMARTS) is 1. The molecule has 0 aliphatic carbocycles. The first kappa shape index (κ1) is 15.1. The van der Waals surface area contributed by atoms with Gasteiger partial charge in [-0.25, -0.2) is 9.18 Å². The first-order valence-corrected chi connectivity index (χ1v) is 7.02. The number of hydrogen-bond donors (Lipinski definition) is 1. The van der Waals surface area contributed by atoms with Gasteiger partial charge in [-0.3, -0.25) is 0 Å². The third-order valence-electron chi connectivity index (χ3n) is 2.57. The van der Waals surface area contributed by atoms with Gasteiger partial charge in [0, 0.05) is 10.6 Å². The Balaban J connectivity index is 2.20. The fraction of sp³-hybridized carbons (Fsp3) is 0.0714. The lowest BCUT2D eigenvalue weighted by molar-refractivity contribution is 0.0696. The monoisotopic (exact) mass is 406 g/mol. The fourth-order valence-electron chi connectivity index (χ4n) is 1.56. The van der Waals surface area contributed by atoms with Crippen LogP contribution in [0.1, 0.15) is 15.9 Å². The highest BCUT2D eigenvalue weighted by molar-refractivity contribution is 14.1. The van der Waals surface area contributed by atoms with Crippen LogP contribution in [0.25, 0.3) is 0 Å². The van der Waals surface area contributed by atoms with Gasteiger partial charge in [0.2, 0.25) is 0 Å². The van der Waals surface area contributed by atoms with Gasteiger partial charge in [0.1, 0.15) is 18.2 Å². The van der Waals surface area contributed by atoms with Crippen molar-refractivity contribution in [3.8, 4) is 5.75 Å². The van der Waals surface area contributed by atoms with Crippen molar-refractivity contribution in [3.05, 3.63) is 61.9 Å². The molecule has 0 spiro atoms. The molecule has 2 aromatic rings. The zero-order valence-electron chi connectivity index (χ0n) is 10.1. The normalized spacial score (nSPS) is 10.3. The van der Waals surface area contributed by atoms with E-state index in [0.29, 0.717) is 16.3 Å². The smallest absolute Gasteiger partial charge is 0.335 e. The SMILES string of the molecule is O=C(O)c1ccc(I)c(OCc2cc(Cl)ccc2F)c1. The van der Waals surface area contributed by atoms with Crippen LogP contribution in [0.4, 0.5) is 4.39 Å². The van der Waals surface area contributed by atoms with Crippen molar-refractivity contribution in [1.82, 2.24) is 0 Å². The van der Waals surface area contributed by atoms with Gasteiger partial charge in [0.25, 0.3) is 0 Å². The summed E-state index contributed by atoms with van der Waals surface area (Å²) >= 11 is 7.82. The molecule has 3 nitrogen and oxygen atoms in total. The maximum Gasteiger partial charge on any atom is 0.335 e. The highest BCUT2D eigenvalue weighted by Crippen LogP contribution is 2.24. The largest absolute Gasteiger partial charge is 0.488 e. The Morgan fingerprint density at radius 2 is 2.05 bits per heavy atom. The van der Waals surface area contributed by atoms with E-state index in [1.165, 1.54) is 30.3 Å². The maximum atomic E-state index is 13.5. The van der Waals surface area contributed by atoms with E-state index < -0.39 is 11.8 Å². The number of halogens is 3. The van der Waals surface area contributed by atoms with Crippen LogP contribution in [0, 0.1) is 9.39 Å². The molecule has 104 valence electrons. The molecular formula is C14H9ClFIO3. The highest BCUT2D eigenvalue weighted by atomic mass is 127. The van der Waals surface area contributed by atoms with Crippen LogP contribution in [0.5, 0.6) is 5.75 Å². The van der Waals surface area contributed by atoms with Crippen LogP contribution < -0.4 is 4.74 Å². The van der Waals surface area contributed by atoms with Crippen molar-refractivity contribution in [2.45, 2.75) is 6.61 Å². The molecular weight excluding hydrogens is 398 g/mol. The molecule has 1 N–H and O–H groups in total. The number of aromatic carboxylic acids is 1.